The van der Waals surface area contributed by atoms with Gasteiger partial charge in [0.05, 0.1) is 0 Å². The highest BCUT2D eigenvalue weighted by Crippen LogP contribution is 2.21. The van der Waals surface area contributed by atoms with Crippen LogP contribution in [0, 0.1) is 5.92 Å². The predicted molar refractivity (Wildman–Crippen MR) is 40.9 cm³/mol. The van der Waals surface area contributed by atoms with Gasteiger partial charge in [-0.3, -0.25) is 4.79 Å². The van der Waals surface area contributed by atoms with Gasteiger partial charge >= 0.3 is 0 Å². The number of nitrogens with zero attached hydrogens (tertiary/aromatic N) is 1. The molecule has 1 aliphatic rings. The number of hydrogen-bond donors (Lipinski definition) is 0. The maximum atomic E-state index is 13.0. The van der Waals surface area contributed by atoms with E-state index in [4.69, 9.17) is 0 Å². The molecule has 0 N–H and O–H groups in total. The zero-order valence-corrected chi connectivity index (χ0v) is 7.22. The molecule has 64 valence electrons. The maximum Gasteiger partial charge on any atom is 0.259 e. The Labute approximate surface area is 66.4 Å². The van der Waals surface area contributed by atoms with Gasteiger partial charge in [0.25, 0.3) is 5.91 Å². The molecular formula is C8H14FNO. The Balaban J connectivity index is 2.45. The minimum Gasteiger partial charge on any atom is -0.339 e. The Hall–Kier alpha value is -0.600. The van der Waals surface area contributed by atoms with Crippen molar-refractivity contribution in [1.29, 1.82) is 0 Å². The largest absolute Gasteiger partial charge is 0.339 e. The van der Waals surface area contributed by atoms with Gasteiger partial charge in [-0.25, -0.2) is 4.39 Å². The zero-order chi connectivity index (χ0) is 8.65. The normalized spacial score (nSPS) is 19.8. The molecule has 0 aromatic rings. The van der Waals surface area contributed by atoms with Gasteiger partial charge in [-0.05, 0) is 19.8 Å². The summed E-state index contributed by atoms with van der Waals surface area (Å²) in [4.78, 5) is 12.7. The highest BCUT2D eigenvalue weighted by atomic mass is 19.1. The van der Waals surface area contributed by atoms with Gasteiger partial charge in [-0.1, -0.05) is 6.92 Å². The summed E-state index contributed by atoms with van der Waals surface area (Å²) in [5, 5.41) is 0. The zero-order valence-electron chi connectivity index (χ0n) is 7.22. The molecule has 0 aromatic carbocycles. The quantitative estimate of drug-likeness (QED) is 0.563. The van der Waals surface area contributed by atoms with Gasteiger partial charge in [0, 0.05) is 13.1 Å². The SMILES string of the molecule is CC1CN(C(=O)C(C)(C)F)C1. The molecule has 1 fully saturated rings. The van der Waals surface area contributed by atoms with E-state index >= 15 is 0 Å². The lowest BCUT2D eigenvalue weighted by Crippen LogP contribution is -2.54. The first kappa shape index (κ1) is 8.50. The van der Waals surface area contributed by atoms with Crippen LogP contribution in [-0.2, 0) is 4.79 Å². The first-order chi connectivity index (χ1) is 4.91. The van der Waals surface area contributed by atoms with Crippen molar-refractivity contribution in [1.82, 2.24) is 4.90 Å². The van der Waals surface area contributed by atoms with E-state index in [0.717, 1.165) is 0 Å². The monoisotopic (exact) mass is 159 g/mol. The van der Waals surface area contributed by atoms with Gasteiger partial charge < -0.3 is 4.90 Å². The van der Waals surface area contributed by atoms with Crippen LogP contribution in [0.3, 0.4) is 0 Å². The van der Waals surface area contributed by atoms with Crippen molar-refractivity contribution in [2.45, 2.75) is 26.4 Å². The summed E-state index contributed by atoms with van der Waals surface area (Å²) in [5.41, 5.74) is -1.69. The fraction of sp³-hybridized carbons (Fsp3) is 0.875. The highest BCUT2D eigenvalue weighted by molar-refractivity contribution is 5.84. The van der Waals surface area contributed by atoms with Gasteiger partial charge in [0.2, 0.25) is 0 Å². The molecule has 3 heteroatoms. The molecule has 0 unspecified atom stereocenters. The summed E-state index contributed by atoms with van der Waals surface area (Å²) in [7, 11) is 0. The summed E-state index contributed by atoms with van der Waals surface area (Å²) < 4.78 is 13.0. The molecule has 0 atom stereocenters. The van der Waals surface area contributed by atoms with Crippen molar-refractivity contribution in [2.75, 3.05) is 13.1 Å². The van der Waals surface area contributed by atoms with Crippen LogP contribution in [0.4, 0.5) is 4.39 Å². The van der Waals surface area contributed by atoms with Crippen LogP contribution in [0.25, 0.3) is 0 Å². The minimum absolute atomic E-state index is 0.379. The molecule has 0 spiro atoms. The lowest BCUT2D eigenvalue weighted by molar-refractivity contribution is -0.148. The van der Waals surface area contributed by atoms with E-state index in [9.17, 15) is 9.18 Å². The standard InChI is InChI=1S/C8H14FNO/c1-6-4-10(5-6)7(11)8(2,3)9/h6H,4-5H2,1-3H3. The number of likely N-dealkylation sites (tertiary alicyclic amines) is 1. The van der Waals surface area contributed by atoms with E-state index in [1.54, 1.807) is 4.90 Å². The highest BCUT2D eigenvalue weighted by Gasteiger charge is 2.36. The smallest absolute Gasteiger partial charge is 0.259 e. The van der Waals surface area contributed by atoms with Gasteiger partial charge in [0.1, 0.15) is 0 Å². The number of carbonyl (C=O) groups excluding carboxylic acids is 1. The fourth-order valence-electron chi connectivity index (χ4n) is 1.24. The van der Waals surface area contributed by atoms with Crippen LogP contribution < -0.4 is 0 Å². The number of rotatable bonds is 1. The van der Waals surface area contributed by atoms with Gasteiger partial charge in [-0.15, -0.1) is 0 Å². The van der Waals surface area contributed by atoms with Gasteiger partial charge in [0.15, 0.2) is 5.67 Å². The summed E-state index contributed by atoms with van der Waals surface area (Å²) in [6, 6.07) is 0. The Morgan fingerprint density at radius 1 is 1.55 bits per heavy atom. The van der Waals surface area contributed by atoms with E-state index in [0.29, 0.717) is 19.0 Å². The van der Waals surface area contributed by atoms with E-state index in [1.165, 1.54) is 13.8 Å². The molecule has 0 saturated carbocycles. The number of halogens is 1. The molecule has 0 aliphatic carbocycles. The van der Waals surface area contributed by atoms with E-state index in [-0.39, 0.29) is 5.91 Å². The summed E-state index contributed by atoms with van der Waals surface area (Å²) in [5.74, 6) is 0.164. The van der Waals surface area contributed by atoms with Crippen molar-refractivity contribution in [3.8, 4) is 0 Å². The molecule has 0 radical (unpaired) electrons. The molecule has 0 bridgehead atoms. The maximum absolute atomic E-state index is 13.0. The molecule has 1 rings (SSSR count). The van der Waals surface area contributed by atoms with Crippen molar-refractivity contribution in [3.05, 3.63) is 0 Å². The Bertz CT molecular complexity index is 167. The van der Waals surface area contributed by atoms with Crippen LogP contribution >= 0.6 is 0 Å². The summed E-state index contributed by atoms with van der Waals surface area (Å²) in [6.45, 7) is 6.09. The average molecular weight is 159 g/mol. The second-order valence-electron chi connectivity index (χ2n) is 3.79. The van der Waals surface area contributed by atoms with E-state index in [1.807, 2.05) is 0 Å². The van der Waals surface area contributed by atoms with Crippen LogP contribution in [-0.4, -0.2) is 29.6 Å². The van der Waals surface area contributed by atoms with E-state index in [2.05, 4.69) is 6.92 Å². The van der Waals surface area contributed by atoms with Crippen LogP contribution in [0.2, 0.25) is 0 Å². The first-order valence-electron chi connectivity index (χ1n) is 3.89. The third kappa shape index (κ3) is 1.70. The van der Waals surface area contributed by atoms with Crippen LogP contribution in [0.1, 0.15) is 20.8 Å². The molecule has 2 nitrogen and oxygen atoms in total. The topological polar surface area (TPSA) is 20.3 Å². The van der Waals surface area contributed by atoms with Gasteiger partial charge in [-0.2, -0.15) is 0 Å². The molecule has 1 heterocycles. The van der Waals surface area contributed by atoms with E-state index < -0.39 is 5.67 Å². The third-order valence-electron chi connectivity index (χ3n) is 1.86. The van der Waals surface area contributed by atoms with Crippen molar-refractivity contribution in [2.24, 2.45) is 5.92 Å². The fourth-order valence-corrected chi connectivity index (χ4v) is 1.24. The molecule has 11 heavy (non-hydrogen) atoms. The van der Waals surface area contributed by atoms with Crippen LogP contribution in [0.5, 0.6) is 0 Å². The number of hydrogen-bond acceptors (Lipinski definition) is 1. The number of carbonyl (C=O) groups is 1. The first-order valence-corrected chi connectivity index (χ1v) is 3.89. The van der Waals surface area contributed by atoms with Crippen molar-refractivity contribution in [3.63, 3.8) is 0 Å². The molecule has 1 saturated heterocycles. The average Bonchev–Trinajstić information content (AvgIpc) is 1.77. The summed E-state index contributed by atoms with van der Waals surface area (Å²) in [6.07, 6.45) is 0. The lowest BCUT2D eigenvalue weighted by atomic mass is 9.99. The molecule has 0 aromatic heterocycles. The summed E-state index contributed by atoms with van der Waals surface area (Å²) >= 11 is 0. The molecule has 1 amide bonds. The molecular weight excluding hydrogens is 145 g/mol. The Kier molecular flexibility index (Phi) is 1.90. The van der Waals surface area contributed by atoms with Crippen molar-refractivity contribution < 1.29 is 9.18 Å². The predicted octanol–water partition coefficient (Wildman–Crippen LogP) is 1.21. The second-order valence-corrected chi connectivity index (χ2v) is 3.79. The minimum atomic E-state index is -1.69. The number of alkyl halides is 1. The third-order valence-corrected chi connectivity index (χ3v) is 1.86. The second kappa shape index (κ2) is 2.47. The van der Waals surface area contributed by atoms with Crippen LogP contribution in [0.15, 0.2) is 0 Å². The Morgan fingerprint density at radius 3 is 2.27 bits per heavy atom. The van der Waals surface area contributed by atoms with Crippen molar-refractivity contribution >= 4 is 5.91 Å². The molecule has 1 aliphatic heterocycles. The number of amides is 1. The Morgan fingerprint density at radius 2 is 2.00 bits per heavy atom. The lowest BCUT2D eigenvalue weighted by Gasteiger charge is -2.39.